The van der Waals surface area contributed by atoms with Crippen molar-refractivity contribution >= 4 is 22.2 Å². The van der Waals surface area contributed by atoms with E-state index in [4.69, 9.17) is 0 Å². The van der Waals surface area contributed by atoms with Gasteiger partial charge in [-0.25, -0.2) is 4.98 Å². The van der Waals surface area contributed by atoms with E-state index in [0.717, 1.165) is 0 Å². The van der Waals surface area contributed by atoms with Crippen molar-refractivity contribution in [2.24, 2.45) is 0 Å². The standard InChI is InChI=1S/C20H19F3N4O3S/c21-20(22,23)30-16-3-1-14(2-4-16)11-17(28)26-7-5-25(6-8-26)13-15-12-18(29)27-9-10-31-19(27)24-15/h1-4,9-10,12H,5-8,11,13H2. The first-order chi connectivity index (χ1) is 14.8. The molecule has 3 aromatic rings. The van der Waals surface area contributed by atoms with Gasteiger partial charge in [0.05, 0.1) is 12.1 Å². The fraction of sp³-hybridized carbons (Fsp3) is 0.350. The Bertz CT molecular complexity index is 1120. The Morgan fingerprint density at radius 3 is 2.52 bits per heavy atom. The van der Waals surface area contributed by atoms with E-state index in [1.165, 1.54) is 46.1 Å². The van der Waals surface area contributed by atoms with Crippen LogP contribution in [0.25, 0.3) is 4.96 Å². The van der Waals surface area contributed by atoms with Crippen LogP contribution in [0.1, 0.15) is 11.3 Å². The average Bonchev–Trinajstić information content (AvgIpc) is 3.18. The fourth-order valence-corrected chi connectivity index (χ4v) is 4.19. The molecular formula is C20H19F3N4O3S. The molecule has 31 heavy (non-hydrogen) atoms. The van der Waals surface area contributed by atoms with Crippen molar-refractivity contribution in [1.29, 1.82) is 0 Å². The second kappa shape index (κ2) is 8.67. The van der Waals surface area contributed by atoms with Crippen molar-refractivity contribution in [2.75, 3.05) is 26.2 Å². The Hall–Kier alpha value is -2.92. The number of aromatic nitrogens is 2. The Kier molecular flexibility index (Phi) is 5.96. The van der Waals surface area contributed by atoms with Crippen LogP contribution in [0, 0.1) is 0 Å². The Morgan fingerprint density at radius 2 is 1.84 bits per heavy atom. The van der Waals surface area contributed by atoms with E-state index < -0.39 is 6.36 Å². The normalized spacial score (nSPS) is 15.4. The predicted octanol–water partition coefficient (Wildman–Crippen LogP) is 2.54. The minimum absolute atomic E-state index is 0.0829. The lowest BCUT2D eigenvalue weighted by molar-refractivity contribution is -0.274. The summed E-state index contributed by atoms with van der Waals surface area (Å²) in [4.78, 5) is 33.7. The van der Waals surface area contributed by atoms with E-state index in [2.05, 4.69) is 14.6 Å². The molecule has 0 atom stereocenters. The lowest BCUT2D eigenvalue weighted by atomic mass is 10.1. The quantitative estimate of drug-likeness (QED) is 0.595. The van der Waals surface area contributed by atoms with E-state index in [0.29, 0.717) is 48.9 Å². The lowest BCUT2D eigenvalue weighted by Crippen LogP contribution is -2.48. The zero-order valence-corrected chi connectivity index (χ0v) is 17.2. The number of benzene rings is 1. The molecule has 4 rings (SSSR count). The fourth-order valence-electron chi connectivity index (χ4n) is 3.45. The molecule has 0 bridgehead atoms. The van der Waals surface area contributed by atoms with Crippen LogP contribution in [0.2, 0.25) is 0 Å². The zero-order valence-electron chi connectivity index (χ0n) is 16.3. The van der Waals surface area contributed by atoms with Crippen molar-refractivity contribution in [1.82, 2.24) is 19.2 Å². The van der Waals surface area contributed by atoms with Gasteiger partial charge in [-0.2, -0.15) is 0 Å². The molecule has 3 heterocycles. The molecule has 0 spiro atoms. The molecule has 7 nitrogen and oxygen atoms in total. The summed E-state index contributed by atoms with van der Waals surface area (Å²) in [6.45, 7) is 2.90. The van der Waals surface area contributed by atoms with Crippen molar-refractivity contribution in [3.05, 3.63) is 63.5 Å². The van der Waals surface area contributed by atoms with E-state index in [1.807, 2.05) is 5.38 Å². The second-order valence-electron chi connectivity index (χ2n) is 7.17. The van der Waals surface area contributed by atoms with Crippen LogP contribution in [-0.2, 0) is 17.8 Å². The third kappa shape index (κ3) is 5.42. The van der Waals surface area contributed by atoms with Gasteiger partial charge in [0.2, 0.25) is 5.91 Å². The summed E-state index contributed by atoms with van der Waals surface area (Å²) < 4.78 is 42.0. The molecule has 1 fully saturated rings. The van der Waals surface area contributed by atoms with E-state index in [1.54, 1.807) is 11.1 Å². The number of carbonyl (C=O) groups excluding carboxylic acids is 1. The van der Waals surface area contributed by atoms with Gasteiger partial charge in [-0.3, -0.25) is 18.9 Å². The molecule has 11 heteroatoms. The van der Waals surface area contributed by atoms with Gasteiger partial charge in [0.25, 0.3) is 5.56 Å². The molecule has 164 valence electrons. The third-order valence-corrected chi connectivity index (χ3v) is 5.74. The van der Waals surface area contributed by atoms with Gasteiger partial charge < -0.3 is 9.64 Å². The summed E-state index contributed by atoms with van der Waals surface area (Å²) in [5.41, 5.74) is 1.21. The minimum Gasteiger partial charge on any atom is -0.406 e. The highest BCUT2D eigenvalue weighted by Crippen LogP contribution is 2.23. The van der Waals surface area contributed by atoms with Crippen LogP contribution >= 0.6 is 11.3 Å². The number of rotatable bonds is 5. The largest absolute Gasteiger partial charge is 0.573 e. The molecule has 0 aliphatic carbocycles. The Balaban J connectivity index is 1.29. The Labute approximate surface area is 179 Å². The van der Waals surface area contributed by atoms with Crippen molar-refractivity contribution in [3.63, 3.8) is 0 Å². The van der Waals surface area contributed by atoms with Gasteiger partial charge in [0, 0.05) is 50.4 Å². The first-order valence-electron chi connectivity index (χ1n) is 9.57. The van der Waals surface area contributed by atoms with E-state index >= 15 is 0 Å². The maximum atomic E-state index is 12.5. The number of thiazole rings is 1. The number of piperazine rings is 1. The lowest BCUT2D eigenvalue weighted by Gasteiger charge is -2.34. The van der Waals surface area contributed by atoms with Gasteiger partial charge >= 0.3 is 6.36 Å². The SMILES string of the molecule is O=C(Cc1ccc(OC(F)(F)F)cc1)N1CCN(Cc2cc(=O)n3ccsc3n2)CC1. The Morgan fingerprint density at radius 1 is 1.13 bits per heavy atom. The number of carbonyl (C=O) groups is 1. The molecule has 1 aliphatic rings. The molecule has 0 saturated carbocycles. The second-order valence-corrected chi connectivity index (χ2v) is 8.04. The van der Waals surface area contributed by atoms with Crippen molar-refractivity contribution < 1.29 is 22.7 Å². The molecule has 0 N–H and O–H groups in total. The van der Waals surface area contributed by atoms with Crippen LogP contribution in [0.15, 0.2) is 46.7 Å². The van der Waals surface area contributed by atoms with Crippen LogP contribution in [0.4, 0.5) is 13.2 Å². The van der Waals surface area contributed by atoms with Crippen molar-refractivity contribution in [2.45, 2.75) is 19.3 Å². The zero-order chi connectivity index (χ0) is 22.0. The van der Waals surface area contributed by atoms with Gasteiger partial charge in [-0.15, -0.1) is 24.5 Å². The summed E-state index contributed by atoms with van der Waals surface area (Å²) in [7, 11) is 0. The van der Waals surface area contributed by atoms with E-state index in [9.17, 15) is 22.8 Å². The van der Waals surface area contributed by atoms with Crippen LogP contribution in [-0.4, -0.2) is 57.6 Å². The number of fused-ring (bicyclic) bond motifs is 1. The summed E-state index contributed by atoms with van der Waals surface area (Å²) in [6.07, 6.45) is -2.93. The summed E-state index contributed by atoms with van der Waals surface area (Å²) in [5, 5.41) is 1.81. The molecule has 1 aliphatic heterocycles. The number of hydrogen-bond acceptors (Lipinski definition) is 6. The predicted molar refractivity (Wildman–Crippen MR) is 108 cm³/mol. The topological polar surface area (TPSA) is 67.2 Å². The van der Waals surface area contributed by atoms with Gasteiger partial charge in [0.15, 0.2) is 4.96 Å². The number of halogens is 3. The highest BCUT2D eigenvalue weighted by atomic mass is 32.1. The van der Waals surface area contributed by atoms with Crippen LogP contribution < -0.4 is 10.3 Å². The van der Waals surface area contributed by atoms with Gasteiger partial charge in [0.1, 0.15) is 5.75 Å². The van der Waals surface area contributed by atoms with Crippen LogP contribution in [0.3, 0.4) is 0 Å². The summed E-state index contributed by atoms with van der Waals surface area (Å²) >= 11 is 1.40. The molecular weight excluding hydrogens is 433 g/mol. The number of ether oxygens (including phenoxy) is 1. The number of amides is 1. The summed E-state index contributed by atoms with van der Waals surface area (Å²) in [5.74, 6) is -0.396. The summed E-state index contributed by atoms with van der Waals surface area (Å²) in [6, 6.07) is 6.85. The van der Waals surface area contributed by atoms with Gasteiger partial charge in [-0.05, 0) is 17.7 Å². The van der Waals surface area contributed by atoms with Crippen molar-refractivity contribution in [3.8, 4) is 5.75 Å². The maximum absolute atomic E-state index is 12.5. The minimum atomic E-state index is -4.74. The average molecular weight is 452 g/mol. The molecule has 0 radical (unpaired) electrons. The highest BCUT2D eigenvalue weighted by molar-refractivity contribution is 7.15. The molecule has 1 saturated heterocycles. The van der Waals surface area contributed by atoms with Gasteiger partial charge in [-0.1, -0.05) is 12.1 Å². The van der Waals surface area contributed by atoms with Crippen LogP contribution in [0.5, 0.6) is 5.75 Å². The molecule has 1 aromatic carbocycles. The highest BCUT2D eigenvalue weighted by Gasteiger charge is 2.31. The first-order valence-corrected chi connectivity index (χ1v) is 10.5. The third-order valence-electron chi connectivity index (χ3n) is 4.98. The number of nitrogens with zero attached hydrogens (tertiary/aromatic N) is 4. The molecule has 0 unspecified atom stereocenters. The first kappa shape index (κ1) is 21.3. The smallest absolute Gasteiger partial charge is 0.406 e. The van der Waals surface area contributed by atoms with E-state index in [-0.39, 0.29) is 23.6 Å². The maximum Gasteiger partial charge on any atom is 0.573 e. The monoisotopic (exact) mass is 452 g/mol. The number of hydrogen-bond donors (Lipinski definition) is 0. The molecule has 2 aromatic heterocycles. The molecule has 1 amide bonds. The number of alkyl halides is 3.